The molecule has 0 saturated carbocycles. The highest BCUT2D eigenvalue weighted by atomic mass is 16.5. The topological polar surface area (TPSA) is 52.1 Å². The minimum atomic E-state index is -0.458. The zero-order chi connectivity index (χ0) is 20.9. The van der Waals surface area contributed by atoms with Crippen LogP contribution in [0.4, 0.5) is 0 Å². The number of rotatable bonds is 13. The van der Waals surface area contributed by atoms with Crippen LogP contribution in [0.1, 0.15) is 106 Å². The third-order valence-corrected chi connectivity index (χ3v) is 5.22. The smallest absolute Gasteiger partial charge is 0.376 e. The molecule has 1 aromatic heterocycles. The second kappa shape index (κ2) is 13.1. The lowest BCUT2D eigenvalue weighted by atomic mass is 10.0. The molecule has 0 aliphatic heterocycles. The zero-order valence-electron chi connectivity index (χ0n) is 18.3. The second-order valence-electron chi connectivity index (χ2n) is 7.73. The molecule has 0 aliphatic rings. The third kappa shape index (κ3) is 7.96. The summed E-state index contributed by atoms with van der Waals surface area (Å²) in [6, 6.07) is 8.33. The fourth-order valence-corrected chi connectivity index (χ4v) is 3.46. The van der Waals surface area contributed by atoms with Crippen molar-refractivity contribution in [3.05, 3.63) is 59.2 Å². The molecule has 2 aromatic rings. The maximum Gasteiger partial charge on any atom is 0.376 e. The zero-order valence-corrected chi connectivity index (χ0v) is 18.3. The Morgan fingerprint density at radius 2 is 1.48 bits per heavy atom. The minimum Gasteiger partial charge on any atom is -0.452 e. The maximum absolute atomic E-state index is 12.5. The van der Waals surface area contributed by atoms with Crippen molar-refractivity contribution in [2.24, 2.45) is 0 Å². The Balaban J connectivity index is 1.85. The Kier molecular flexibility index (Phi) is 10.4. The van der Waals surface area contributed by atoms with E-state index in [9.17, 15) is 4.79 Å². The molecule has 0 fully saturated rings. The molecule has 4 heteroatoms. The fraction of sp³-hybridized carbons (Fsp3) is 0.560. The van der Waals surface area contributed by atoms with Crippen LogP contribution in [0.25, 0.3) is 0 Å². The molecular weight excluding hydrogens is 360 g/mol. The number of aryl methyl sites for hydroxylation is 2. The molecule has 0 spiro atoms. The number of hydrogen-bond acceptors (Lipinski definition) is 4. The van der Waals surface area contributed by atoms with E-state index in [0.29, 0.717) is 0 Å². The molecule has 2 rings (SSSR count). The first-order valence-corrected chi connectivity index (χ1v) is 11.3. The molecule has 158 valence electrons. The number of hydrogen-bond donors (Lipinski definition) is 0. The molecule has 0 amide bonds. The molecular formula is C25H36N2O2. The van der Waals surface area contributed by atoms with Crippen LogP contribution in [-0.4, -0.2) is 15.9 Å². The monoisotopic (exact) mass is 396 g/mol. The van der Waals surface area contributed by atoms with Gasteiger partial charge in [0.15, 0.2) is 0 Å². The molecule has 1 heterocycles. The number of ether oxygens (including phenoxy) is 1. The van der Waals surface area contributed by atoms with Gasteiger partial charge in [-0.2, -0.15) is 0 Å². The number of nitrogens with zero attached hydrogens (tertiary/aromatic N) is 2. The first-order valence-electron chi connectivity index (χ1n) is 11.3. The summed E-state index contributed by atoms with van der Waals surface area (Å²) in [7, 11) is 0. The Morgan fingerprint density at radius 3 is 2.10 bits per heavy atom. The lowest BCUT2D eigenvalue weighted by Gasteiger charge is -2.16. The summed E-state index contributed by atoms with van der Waals surface area (Å²) >= 11 is 0. The van der Waals surface area contributed by atoms with Gasteiger partial charge in [-0.05, 0) is 42.4 Å². The van der Waals surface area contributed by atoms with E-state index in [0.717, 1.165) is 43.2 Å². The van der Waals surface area contributed by atoms with Gasteiger partial charge in [0.2, 0.25) is 5.82 Å². The largest absolute Gasteiger partial charge is 0.452 e. The Morgan fingerprint density at radius 1 is 0.828 bits per heavy atom. The highest BCUT2D eigenvalue weighted by Gasteiger charge is 2.18. The highest BCUT2D eigenvalue weighted by Crippen LogP contribution is 2.23. The average Bonchev–Trinajstić information content (AvgIpc) is 2.75. The van der Waals surface area contributed by atoms with Crippen LogP contribution >= 0.6 is 0 Å². The molecule has 29 heavy (non-hydrogen) atoms. The summed E-state index contributed by atoms with van der Waals surface area (Å²) in [4.78, 5) is 21.0. The molecule has 4 nitrogen and oxygen atoms in total. The van der Waals surface area contributed by atoms with E-state index in [-0.39, 0.29) is 11.9 Å². The molecule has 0 bridgehead atoms. The Hall–Kier alpha value is -2.23. The van der Waals surface area contributed by atoms with Crippen LogP contribution in [0.5, 0.6) is 0 Å². The number of benzene rings is 1. The lowest BCUT2D eigenvalue weighted by molar-refractivity contribution is 0.0273. The summed E-state index contributed by atoms with van der Waals surface area (Å²) in [5, 5.41) is 0. The SMILES string of the molecule is CCCCCCCCc1cnc(C(=O)OC(CC)c2ccc(CCC)cc2)nc1. The fourth-order valence-electron chi connectivity index (χ4n) is 3.46. The van der Waals surface area contributed by atoms with Crippen molar-refractivity contribution in [1.29, 1.82) is 0 Å². The average molecular weight is 397 g/mol. The molecule has 1 atom stereocenters. The van der Waals surface area contributed by atoms with Gasteiger partial charge >= 0.3 is 5.97 Å². The molecule has 0 saturated heterocycles. The van der Waals surface area contributed by atoms with Crippen molar-refractivity contribution in [1.82, 2.24) is 9.97 Å². The second-order valence-corrected chi connectivity index (χ2v) is 7.73. The summed E-state index contributed by atoms with van der Waals surface area (Å²) in [6.07, 6.45) is 14.7. The van der Waals surface area contributed by atoms with Crippen molar-refractivity contribution >= 4 is 5.97 Å². The van der Waals surface area contributed by atoms with E-state index >= 15 is 0 Å². The Labute approximate surface area is 176 Å². The molecule has 0 radical (unpaired) electrons. The van der Waals surface area contributed by atoms with Gasteiger partial charge < -0.3 is 4.74 Å². The van der Waals surface area contributed by atoms with E-state index in [4.69, 9.17) is 4.74 Å². The lowest BCUT2D eigenvalue weighted by Crippen LogP contribution is -2.14. The highest BCUT2D eigenvalue weighted by molar-refractivity contribution is 5.85. The van der Waals surface area contributed by atoms with Crippen LogP contribution in [-0.2, 0) is 17.6 Å². The van der Waals surface area contributed by atoms with Crippen molar-refractivity contribution in [3.63, 3.8) is 0 Å². The van der Waals surface area contributed by atoms with Crippen LogP contribution in [0.15, 0.2) is 36.7 Å². The van der Waals surface area contributed by atoms with Gasteiger partial charge in [0.1, 0.15) is 6.10 Å². The maximum atomic E-state index is 12.5. The summed E-state index contributed by atoms with van der Waals surface area (Å²) in [6.45, 7) is 6.42. The van der Waals surface area contributed by atoms with Crippen molar-refractivity contribution in [2.45, 2.75) is 91.1 Å². The summed E-state index contributed by atoms with van der Waals surface area (Å²) < 4.78 is 5.68. The van der Waals surface area contributed by atoms with Crippen molar-refractivity contribution in [3.8, 4) is 0 Å². The number of carbonyl (C=O) groups excluding carboxylic acids is 1. The van der Waals surface area contributed by atoms with E-state index in [1.54, 1.807) is 12.4 Å². The quantitative estimate of drug-likeness (QED) is 0.281. The van der Waals surface area contributed by atoms with Gasteiger partial charge in [-0.3, -0.25) is 0 Å². The van der Waals surface area contributed by atoms with Crippen molar-refractivity contribution in [2.75, 3.05) is 0 Å². The minimum absolute atomic E-state index is 0.137. The van der Waals surface area contributed by atoms with Gasteiger partial charge in [-0.25, -0.2) is 14.8 Å². The third-order valence-electron chi connectivity index (χ3n) is 5.22. The van der Waals surface area contributed by atoms with Crippen LogP contribution in [0.3, 0.4) is 0 Å². The Bertz CT molecular complexity index is 711. The van der Waals surface area contributed by atoms with Crippen LogP contribution < -0.4 is 0 Å². The van der Waals surface area contributed by atoms with E-state index in [1.807, 2.05) is 6.92 Å². The van der Waals surface area contributed by atoms with Gasteiger partial charge in [0, 0.05) is 12.4 Å². The number of esters is 1. The van der Waals surface area contributed by atoms with E-state index < -0.39 is 5.97 Å². The first-order chi connectivity index (χ1) is 14.2. The van der Waals surface area contributed by atoms with Crippen molar-refractivity contribution < 1.29 is 9.53 Å². The normalized spacial score (nSPS) is 12.0. The number of aromatic nitrogens is 2. The van der Waals surface area contributed by atoms with Crippen LogP contribution in [0, 0.1) is 0 Å². The standard InChI is InChI=1S/C25H36N2O2/c1-4-7-8-9-10-11-13-21-18-26-24(27-19-21)25(28)29-23(6-3)22-16-14-20(12-5-2)15-17-22/h14-19,23H,4-13H2,1-3H3. The van der Waals surface area contributed by atoms with Gasteiger partial charge in [-0.1, -0.05) is 83.6 Å². The van der Waals surface area contributed by atoms with Gasteiger partial charge in [0.05, 0.1) is 0 Å². The summed E-state index contributed by atoms with van der Waals surface area (Å²) in [5.41, 5.74) is 3.40. The molecule has 0 N–H and O–H groups in total. The van der Waals surface area contributed by atoms with Gasteiger partial charge in [0.25, 0.3) is 0 Å². The van der Waals surface area contributed by atoms with Crippen LogP contribution in [0.2, 0.25) is 0 Å². The van der Waals surface area contributed by atoms with Gasteiger partial charge in [-0.15, -0.1) is 0 Å². The molecule has 1 aromatic carbocycles. The molecule has 0 aliphatic carbocycles. The predicted octanol–water partition coefficient (Wildman–Crippen LogP) is 6.64. The number of carbonyl (C=O) groups is 1. The van der Waals surface area contributed by atoms with E-state index in [1.165, 1.54) is 37.7 Å². The molecule has 1 unspecified atom stereocenters. The van der Waals surface area contributed by atoms with E-state index in [2.05, 4.69) is 48.1 Å². The summed E-state index contributed by atoms with van der Waals surface area (Å²) in [5.74, 6) is -0.321. The predicted molar refractivity (Wildman–Crippen MR) is 118 cm³/mol. The number of unbranched alkanes of at least 4 members (excludes halogenated alkanes) is 5. The first kappa shape index (κ1) is 23.1.